The summed E-state index contributed by atoms with van der Waals surface area (Å²) in [4.78, 5) is 12.3. The van der Waals surface area contributed by atoms with Gasteiger partial charge >= 0.3 is 0 Å². The predicted molar refractivity (Wildman–Crippen MR) is 88.1 cm³/mol. The molecular weight excluding hydrogens is 363 g/mol. The summed E-state index contributed by atoms with van der Waals surface area (Å²) < 4.78 is 16.0. The zero-order valence-corrected chi connectivity index (χ0v) is 13.7. The largest absolute Gasteiger partial charge is 0.318 e. The van der Waals surface area contributed by atoms with Crippen LogP contribution in [0, 0.1) is 12.7 Å². The van der Waals surface area contributed by atoms with E-state index in [-0.39, 0.29) is 11.4 Å². The molecule has 0 saturated heterocycles. The molecule has 116 valence electrons. The van der Waals surface area contributed by atoms with E-state index >= 15 is 0 Å². The van der Waals surface area contributed by atoms with Gasteiger partial charge in [-0.2, -0.15) is 0 Å². The van der Waals surface area contributed by atoms with E-state index in [0.29, 0.717) is 5.69 Å². The number of halogens is 2. The molecule has 0 radical (unpaired) electrons. The van der Waals surface area contributed by atoms with E-state index in [1.807, 2.05) is 24.3 Å². The van der Waals surface area contributed by atoms with Crippen LogP contribution in [0.4, 0.5) is 10.1 Å². The van der Waals surface area contributed by atoms with Crippen molar-refractivity contribution in [2.75, 3.05) is 5.32 Å². The highest BCUT2D eigenvalue weighted by Gasteiger charge is 2.19. The molecule has 0 unspecified atom stereocenters. The van der Waals surface area contributed by atoms with Gasteiger partial charge in [0.25, 0.3) is 5.91 Å². The first-order valence-electron chi connectivity index (χ1n) is 6.81. The van der Waals surface area contributed by atoms with Gasteiger partial charge in [0.1, 0.15) is 5.82 Å². The summed E-state index contributed by atoms with van der Waals surface area (Å²) in [5.41, 5.74) is 1.57. The van der Waals surface area contributed by atoms with E-state index in [0.717, 1.165) is 10.2 Å². The standard InChI is InChI=1S/C16H12BrFN4O/c1-10-15(16(23)19-13-8-4-3-7-12(13)18)20-21-22(10)14-9-5-2-6-11(14)17/h2-9H,1H3,(H,19,23). The lowest BCUT2D eigenvalue weighted by Gasteiger charge is -2.07. The van der Waals surface area contributed by atoms with Crippen LogP contribution in [0.15, 0.2) is 53.0 Å². The van der Waals surface area contributed by atoms with E-state index in [4.69, 9.17) is 0 Å². The summed E-state index contributed by atoms with van der Waals surface area (Å²) in [7, 11) is 0. The number of nitrogens with one attached hydrogen (secondary N) is 1. The van der Waals surface area contributed by atoms with Gasteiger partial charge in [-0.3, -0.25) is 4.79 Å². The normalized spacial score (nSPS) is 10.6. The number of anilines is 1. The van der Waals surface area contributed by atoms with E-state index < -0.39 is 11.7 Å². The first-order chi connectivity index (χ1) is 11.1. The zero-order chi connectivity index (χ0) is 16.4. The minimum Gasteiger partial charge on any atom is -0.318 e. The number of aromatic nitrogens is 3. The predicted octanol–water partition coefficient (Wildman–Crippen LogP) is 3.73. The van der Waals surface area contributed by atoms with Crippen molar-refractivity contribution >= 4 is 27.5 Å². The summed E-state index contributed by atoms with van der Waals surface area (Å²) in [5.74, 6) is -1.01. The highest BCUT2D eigenvalue weighted by atomic mass is 79.9. The van der Waals surface area contributed by atoms with Gasteiger partial charge in [0, 0.05) is 4.47 Å². The molecule has 0 spiro atoms. The van der Waals surface area contributed by atoms with E-state index in [9.17, 15) is 9.18 Å². The van der Waals surface area contributed by atoms with Crippen molar-refractivity contribution in [3.63, 3.8) is 0 Å². The second-order valence-corrected chi connectivity index (χ2v) is 5.67. The Hall–Kier alpha value is -2.54. The number of rotatable bonds is 3. The zero-order valence-electron chi connectivity index (χ0n) is 12.1. The fraction of sp³-hybridized carbons (Fsp3) is 0.0625. The highest BCUT2D eigenvalue weighted by Crippen LogP contribution is 2.22. The van der Waals surface area contributed by atoms with Crippen LogP contribution in [-0.2, 0) is 0 Å². The van der Waals surface area contributed by atoms with Crippen LogP contribution in [0.5, 0.6) is 0 Å². The molecule has 0 bridgehead atoms. The smallest absolute Gasteiger partial charge is 0.278 e. The maximum atomic E-state index is 13.6. The molecule has 1 N–H and O–H groups in total. The fourth-order valence-corrected chi connectivity index (χ4v) is 2.59. The third-order valence-electron chi connectivity index (χ3n) is 3.31. The van der Waals surface area contributed by atoms with Gasteiger partial charge in [0.05, 0.1) is 17.1 Å². The number of benzene rings is 2. The lowest BCUT2D eigenvalue weighted by atomic mass is 10.2. The lowest BCUT2D eigenvalue weighted by Crippen LogP contribution is -2.15. The Morgan fingerprint density at radius 3 is 2.61 bits per heavy atom. The Morgan fingerprint density at radius 2 is 1.87 bits per heavy atom. The van der Waals surface area contributed by atoms with Crippen molar-refractivity contribution in [1.82, 2.24) is 15.0 Å². The number of hydrogen-bond donors (Lipinski definition) is 1. The molecule has 0 saturated carbocycles. The van der Waals surface area contributed by atoms with Gasteiger partial charge in [-0.1, -0.05) is 29.5 Å². The average Bonchev–Trinajstić information content (AvgIpc) is 2.92. The molecule has 7 heteroatoms. The third-order valence-corrected chi connectivity index (χ3v) is 3.98. The molecule has 3 rings (SSSR count). The Balaban J connectivity index is 1.92. The minimum atomic E-state index is -0.508. The molecule has 1 heterocycles. The number of hydrogen-bond acceptors (Lipinski definition) is 3. The minimum absolute atomic E-state index is 0.104. The van der Waals surface area contributed by atoms with Crippen molar-refractivity contribution in [2.45, 2.75) is 6.92 Å². The summed E-state index contributed by atoms with van der Waals surface area (Å²) in [5, 5.41) is 10.4. The molecule has 0 atom stereocenters. The topological polar surface area (TPSA) is 59.8 Å². The van der Waals surface area contributed by atoms with Gasteiger partial charge in [-0.05, 0) is 47.1 Å². The van der Waals surface area contributed by atoms with Crippen molar-refractivity contribution in [3.8, 4) is 5.69 Å². The summed E-state index contributed by atoms with van der Waals surface area (Å²) in [6.45, 7) is 1.73. The van der Waals surface area contributed by atoms with Gasteiger partial charge < -0.3 is 5.32 Å². The monoisotopic (exact) mass is 374 g/mol. The molecule has 0 fully saturated rings. The summed E-state index contributed by atoms with van der Waals surface area (Å²) >= 11 is 3.44. The van der Waals surface area contributed by atoms with Crippen LogP contribution in [0.3, 0.4) is 0 Å². The van der Waals surface area contributed by atoms with Gasteiger partial charge in [-0.15, -0.1) is 5.10 Å². The number of carbonyl (C=O) groups is 1. The molecule has 23 heavy (non-hydrogen) atoms. The molecule has 5 nitrogen and oxygen atoms in total. The molecule has 0 aliphatic carbocycles. The third kappa shape index (κ3) is 3.00. The van der Waals surface area contributed by atoms with Crippen molar-refractivity contribution in [1.29, 1.82) is 0 Å². The Bertz CT molecular complexity index is 878. The van der Waals surface area contributed by atoms with Crippen molar-refractivity contribution in [3.05, 3.63) is 70.2 Å². The second kappa shape index (κ2) is 6.29. The molecule has 2 aromatic carbocycles. The second-order valence-electron chi connectivity index (χ2n) is 4.82. The maximum absolute atomic E-state index is 13.6. The highest BCUT2D eigenvalue weighted by molar-refractivity contribution is 9.10. The van der Waals surface area contributed by atoms with Crippen LogP contribution in [0.25, 0.3) is 5.69 Å². The Kier molecular flexibility index (Phi) is 4.20. The lowest BCUT2D eigenvalue weighted by molar-refractivity contribution is 0.102. The summed E-state index contributed by atoms with van der Waals surface area (Å²) in [6, 6.07) is 13.4. The quantitative estimate of drug-likeness (QED) is 0.759. The first kappa shape index (κ1) is 15.4. The maximum Gasteiger partial charge on any atom is 0.278 e. The molecule has 3 aromatic rings. The van der Waals surface area contributed by atoms with Crippen LogP contribution in [0.1, 0.15) is 16.2 Å². The molecule has 0 aliphatic heterocycles. The van der Waals surface area contributed by atoms with Gasteiger partial charge in [0.2, 0.25) is 0 Å². The van der Waals surface area contributed by atoms with Gasteiger partial charge in [0.15, 0.2) is 5.69 Å². The van der Waals surface area contributed by atoms with Crippen molar-refractivity contribution < 1.29 is 9.18 Å². The molecular formula is C16H12BrFN4O. The van der Waals surface area contributed by atoms with E-state index in [2.05, 4.69) is 31.6 Å². The molecule has 0 aliphatic rings. The fourth-order valence-electron chi connectivity index (χ4n) is 2.14. The first-order valence-corrected chi connectivity index (χ1v) is 7.60. The van der Waals surface area contributed by atoms with Gasteiger partial charge in [-0.25, -0.2) is 9.07 Å². The van der Waals surface area contributed by atoms with Crippen LogP contribution in [0.2, 0.25) is 0 Å². The average molecular weight is 375 g/mol. The Morgan fingerprint density at radius 1 is 1.17 bits per heavy atom. The Labute approximate surface area is 140 Å². The van der Waals surface area contributed by atoms with Crippen LogP contribution in [-0.4, -0.2) is 20.9 Å². The number of carbonyl (C=O) groups excluding carboxylic acids is 1. The number of nitrogens with zero attached hydrogens (tertiary/aromatic N) is 3. The van der Waals surface area contributed by atoms with E-state index in [1.165, 1.54) is 12.1 Å². The SMILES string of the molecule is Cc1c(C(=O)Nc2ccccc2F)nnn1-c1ccccc1Br. The summed E-state index contributed by atoms with van der Waals surface area (Å²) in [6.07, 6.45) is 0. The van der Waals surface area contributed by atoms with E-state index in [1.54, 1.807) is 23.7 Å². The van der Waals surface area contributed by atoms with Crippen molar-refractivity contribution in [2.24, 2.45) is 0 Å². The van der Waals surface area contributed by atoms with Crippen LogP contribution < -0.4 is 5.32 Å². The van der Waals surface area contributed by atoms with Crippen LogP contribution >= 0.6 is 15.9 Å². The number of amides is 1. The number of para-hydroxylation sites is 2. The molecule has 1 amide bonds. The molecule has 1 aromatic heterocycles.